The molecular formula is C23H31NO2S2. The molecule has 2 atom stereocenters. The highest BCUT2D eigenvalue weighted by molar-refractivity contribution is 7.99. The normalized spacial score (nSPS) is 22.0. The summed E-state index contributed by atoms with van der Waals surface area (Å²) in [5.41, 5.74) is 2.10. The maximum atomic E-state index is 13.4. The fourth-order valence-corrected chi connectivity index (χ4v) is 6.47. The van der Waals surface area contributed by atoms with Crippen LogP contribution in [0.25, 0.3) is 0 Å². The Morgan fingerprint density at radius 2 is 1.93 bits per heavy atom. The highest BCUT2D eigenvalue weighted by Gasteiger charge is 2.41. The number of benzene rings is 2. The van der Waals surface area contributed by atoms with E-state index < -0.39 is 11.2 Å². The lowest BCUT2D eigenvalue weighted by Gasteiger charge is -2.35. The molecule has 0 fully saturated rings. The van der Waals surface area contributed by atoms with Gasteiger partial charge in [0.25, 0.3) is 0 Å². The zero-order chi connectivity index (χ0) is 20.1. The molecule has 0 spiro atoms. The third-order valence-corrected chi connectivity index (χ3v) is 8.30. The second kappa shape index (κ2) is 9.47. The lowest BCUT2D eigenvalue weighted by molar-refractivity contribution is 0.290. The van der Waals surface area contributed by atoms with Crippen molar-refractivity contribution in [1.29, 1.82) is 0 Å². The topological polar surface area (TPSA) is 46.5 Å². The van der Waals surface area contributed by atoms with Crippen molar-refractivity contribution in [2.45, 2.75) is 56.2 Å². The number of hydrogen-bond acceptors (Lipinski definition) is 4. The van der Waals surface area contributed by atoms with Crippen LogP contribution in [0.1, 0.15) is 46.5 Å². The minimum Gasteiger partial charge on any atom is -0.611 e. The zero-order valence-corrected chi connectivity index (χ0v) is 18.7. The molecule has 0 saturated carbocycles. The first-order valence-corrected chi connectivity index (χ1v) is 12.5. The molecule has 0 aliphatic carbocycles. The predicted octanol–water partition coefficient (Wildman–Crippen LogP) is 6.35. The standard InChI is InChI=1S/C23H31NO2S2/c1-4-7-13-23(5-2)16-24(18-11-9-8-10-12-18)19-14-21(27-6-3)20(25)15-22(19)28(26)17-23/h8-12,14-15,25H,4-7,13,16-17H2,1-3H3. The smallest absolute Gasteiger partial charge is 0.180 e. The Bertz CT molecular complexity index is 784. The number of anilines is 2. The summed E-state index contributed by atoms with van der Waals surface area (Å²) in [6, 6.07) is 14.2. The minimum atomic E-state index is -1.13. The van der Waals surface area contributed by atoms with E-state index in [1.54, 1.807) is 17.8 Å². The average molecular weight is 418 g/mol. The van der Waals surface area contributed by atoms with Gasteiger partial charge in [0, 0.05) is 23.7 Å². The molecule has 3 rings (SSSR count). The van der Waals surface area contributed by atoms with Crippen molar-refractivity contribution in [3.63, 3.8) is 0 Å². The van der Waals surface area contributed by atoms with Gasteiger partial charge >= 0.3 is 0 Å². The summed E-state index contributed by atoms with van der Waals surface area (Å²) in [7, 11) is 0. The van der Waals surface area contributed by atoms with Gasteiger partial charge in [0.2, 0.25) is 0 Å². The van der Waals surface area contributed by atoms with Gasteiger partial charge < -0.3 is 14.6 Å². The van der Waals surface area contributed by atoms with Crippen LogP contribution in [-0.4, -0.2) is 27.7 Å². The zero-order valence-electron chi connectivity index (χ0n) is 17.1. The van der Waals surface area contributed by atoms with Crippen molar-refractivity contribution in [2.75, 3.05) is 23.0 Å². The second-order valence-corrected chi connectivity index (χ2v) is 10.3. The van der Waals surface area contributed by atoms with E-state index in [4.69, 9.17) is 0 Å². The molecule has 3 nitrogen and oxygen atoms in total. The Hall–Kier alpha value is -1.30. The van der Waals surface area contributed by atoms with Gasteiger partial charge in [-0.2, -0.15) is 0 Å². The number of thioether (sulfide) groups is 1. The Balaban J connectivity index is 2.15. The van der Waals surface area contributed by atoms with E-state index in [1.807, 2.05) is 12.1 Å². The largest absolute Gasteiger partial charge is 0.611 e. The van der Waals surface area contributed by atoms with Crippen LogP contribution in [0.15, 0.2) is 52.3 Å². The summed E-state index contributed by atoms with van der Waals surface area (Å²) in [6.45, 7) is 7.37. The molecule has 2 aromatic rings. The molecule has 152 valence electrons. The van der Waals surface area contributed by atoms with Crippen molar-refractivity contribution < 1.29 is 9.66 Å². The molecule has 1 heterocycles. The van der Waals surface area contributed by atoms with Gasteiger partial charge in [0.05, 0.1) is 10.6 Å². The first kappa shape index (κ1) is 21.4. The number of unbranched alkanes of at least 4 members (excludes halogenated alkanes) is 1. The molecule has 0 aromatic heterocycles. The van der Waals surface area contributed by atoms with Crippen LogP contribution in [0.2, 0.25) is 0 Å². The third-order valence-electron chi connectivity index (χ3n) is 5.69. The fraction of sp³-hybridized carbons (Fsp3) is 0.478. The lowest BCUT2D eigenvalue weighted by Crippen LogP contribution is -2.37. The van der Waals surface area contributed by atoms with E-state index >= 15 is 0 Å². The molecule has 28 heavy (non-hydrogen) atoms. The Morgan fingerprint density at radius 1 is 1.18 bits per heavy atom. The van der Waals surface area contributed by atoms with Crippen LogP contribution in [0.4, 0.5) is 11.4 Å². The number of fused-ring (bicyclic) bond motifs is 1. The molecule has 0 bridgehead atoms. The van der Waals surface area contributed by atoms with Crippen molar-refractivity contribution in [1.82, 2.24) is 0 Å². The van der Waals surface area contributed by atoms with Gasteiger partial charge in [-0.15, -0.1) is 11.8 Å². The monoisotopic (exact) mass is 417 g/mol. The average Bonchev–Trinajstić information content (AvgIpc) is 2.83. The molecule has 2 aromatic carbocycles. The molecule has 0 saturated heterocycles. The molecule has 1 N–H and O–H groups in total. The summed E-state index contributed by atoms with van der Waals surface area (Å²) in [4.78, 5) is 3.95. The van der Waals surface area contributed by atoms with Crippen LogP contribution < -0.4 is 4.90 Å². The maximum Gasteiger partial charge on any atom is 0.180 e. The molecule has 0 radical (unpaired) electrons. The minimum absolute atomic E-state index is 0.00339. The van der Waals surface area contributed by atoms with Gasteiger partial charge in [0.15, 0.2) is 4.90 Å². The number of phenols is 1. The summed E-state index contributed by atoms with van der Waals surface area (Å²) in [5, 5.41) is 10.5. The van der Waals surface area contributed by atoms with Crippen LogP contribution in [0.3, 0.4) is 0 Å². The van der Waals surface area contributed by atoms with E-state index in [9.17, 15) is 9.66 Å². The van der Waals surface area contributed by atoms with E-state index in [1.165, 1.54) is 0 Å². The number of rotatable bonds is 7. The van der Waals surface area contributed by atoms with Gasteiger partial charge in [0.1, 0.15) is 11.5 Å². The third kappa shape index (κ3) is 4.47. The number of phenolic OH excluding ortho intramolecular Hbond substituents is 1. The first-order chi connectivity index (χ1) is 13.5. The van der Waals surface area contributed by atoms with Crippen LogP contribution in [0, 0.1) is 5.41 Å². The van der Waals surface area contributed by atoms with Crippen molar-refractivity contribution >= 4 is 34.3 Å². The number of hydrogen-bond donors (Lipinski definition) is 1. The molecule has 5 heteroatoms. The predicted molar refractivity (Wildman–Crippen MR) is 121 cm³/mol. The van der Waals surface area contributed by atoms with E-state index in [-0.39, 0.29) is 11.2 Å². The second-order valence-electron chi connectivity index (χ2n) is 7.59. The number of nitrogens with zero attached hydrogens (tertiary/aromatic N) is 1. The lowest BCUT2D eigenvalue weighted by atomic mass is 9.81. The first-order valence-electron chi connectivity index (χ1n) is 10.2. The van der Waals surface area contributed by atoms with E-state index in [0.717, 1.165) is 59.1 Å². The fourth-order valence-electron chi connectivity index (χ4n) is 3.96. The Kier molecular flexibility index (Phi) is 7.24. The van der Waals surface area contributed by atoms with Crippen molar-refractivity contribution in [2.24, 2.45) is 5.41 Å². The molecule has 2 unspecified atom stereocenters. The van der Waals surface area contributed by atoms with Crippen molar-refractivity contribution in [3.05, 3.63) is 42.5 Å². The molecule has 1 aliphatic rings. The molecular weight excluding hydrogens is 386 g/mol. The van der Waals surface area contributed by atoms with E-state index in [2.05, 4.69) is 49.9 Å². The number of aromatic hydroxyl groups is 1. The SMILES string of the molecule is CCCCC1(CC)CN(c2ccccc2)c2cc(SCC)c(O)cc2[S+]([O-])C1. The van der Waals surface area contributed by atoms with Gasteiger partial charge in [-0.3, -0.25) is 0 Å². The van der Waals surface area contributed by atoms with Gasteiger partial charge in [-0.25, -0.2) is 0 Å². The Labute approximate surface area is 176 Å². The summed E-state index contributed by atoms with van der Waals surface area (Å²) in [5.74, 6) is 1.78. The molecule has 1 aliphatic heterocycles. The maximum absolute atomic E-state index is 13.4. The van der Waals surface area contributed by atoms with Gasteiger partial charge in [-0.1, -0.05) is 51.8 Å². The van der Waals surface area contributed by atoms with Crippen LogP contribution in [0.5, 0.6) is 5.75 Å². The summed E-state index contributed by atoms with van der Waals surface area (Å²) < 4.78 is 13.4. The van der Waals surface area contributed by atoms with E-state index in [0.29, 0.717) is 5.75 Å². The van der Waals surface area contributed by atoms with Crippen LogP contribution >= 0.6 is 11.8 Å². The van der Waals surface area contributed by atoms with Crippen LogP contribution in [-0.2, 0) is 11.2 Å². The Morgan fingerprint density at radius 3 is 2.57 bits per heavy atom. The quantitative estimate of drug-likeness (QED) is 0.421. The van der Waals surface area contributed by atoms with Gasteiger partial charge in [-0.05, 0) is 48.0 Å². The number of para-hydroxylation sites is 1. The highest BCUT2D eigenvalue weighted by atomic mass is 32.2. The summed E-state index contributed by atoms with van der Waals surface area (Å²) >= 11 is 0.491. The summed E-state index contributed by atoms with van der Waals surface area (Å²) in [6.07, 6.45) is 4.36. The molecule has 0 amide bonds. The van der Waals surface area contributed by atoms with Crippen molar-refractivity contribution in [3.8, 4) is 5.75 Å². The highest BCUT2D eigenvalue weighted by Crippen LogP contribution is 2.47.